The van der Waals surface area contributed by atoms with E-state index in [2.05, 4.69) is 48.5 Å². The first-order chi connectivity index (χ1) is 26.4. The number of aromatic hydroxyl groups is 2. The molecule has 0 aromatic heterocycles. The van der Waals surface area contributed by atoms with Gasteiger partial charge in [-0.05, 0) is 47.2 Å². The molecular formula is C50H38Cl2O2. The summed E-state index contributed by atoms with van der Waals surface area (Å²) in [5.41, 5.74) is 12.8. The molecule has 0 atom stereocenters. The van der Waals surface area contributed by atoms with Gasteiger partial charge in [-0.2, -0.15) is 0 Å². The molecule has 8 rings (SSSR count). The summed E-state index contributed by atoms with van der Waals surface area (Å²) < 4.78 is 0. The van der Waals surface area contributed by atoms with Gasteiger partial charge in [-0.25, -0.2) is 0 Å². The second-order valence-corrected chi connectivity index (χ2v) is 13.8. The molecule has 0 heterocycles. The molecule has 0 amide bonds. The van der Waals surface area contributed by atoms with Crippen LogP contribution in [0.4, 0.5) is 0 Å². The Labute approximate surface area is 327 Å². The lowest BCUT2D eigenvalue weighted by Crippen LogP contribution is -1.95. The van der Waals surface area contributed by atoms with Gasteiger partial charge in [0.05, 0.1) is 10.0 Å². The van der Waals surface area contributed by atoms with E-state index in [0.29, 0.717) is 21.2 Å². The number of halogens is 2. The van der Waals surface area contributed by atoms with Crippen molar-refractivity contribution < 1.29 is 10.2 Å². The van der Waals surface area contributed by atoms with Crippen LogP contribution in [-0.4, -0.2) is 10.2 Å². The van der Waals surface area contributed by atoms with Crippen LogP contribution < -0.4 is 0 Å². The van der Waals surface area contributed by atoms with Crippen molar-refractivity contribution in [3.63, 3.8) is 0 Å². The predicted molar refractivity (Wildman–Crippen MR) is 228 cm³/mol. The molecule has 0 aliphatic carbocycles. The van der Waals surface area contributed by atoms with E-state index >= 15 is 0 Å². The van der Waals surface area contributed by atoms with Gasteiger partial charge in [0.15, 0.2) is 0 Å². The molecule has 8 aromatic carbocycles. The highest BCUT2D eigenvalue weighted by atomic mass is 35.5. The van der Waals surface area contributed by atoms with Crippen LogP contribution in [0.25, 0.3) is 66.8 Å². The van der Waals surface area contributed by atoms with Gasteiger partial charge in [-0.3, -0.25) is 0 Å². The Morgan fingerprint density at radius 1 is 0.278 bits per heavy atom. The van der Waals surface area contributed by atoms with E-state index in [1.165, 1.54) is 0 Å². The number of hydrogen-bond donors (Lipinski definition) is 2. The predicted octanol–water partition coefficient (Wildman–Crippen LogP) is 14.7. The lowest BCUT2D eigenvalue weighted by Gasteiger charge is -2.21. The Morgan fingerprint density at radius 2 is 0.463 bits per heavy atom. The number of phenols is 2. The zero-order valence-electron chi connectivity index (χ0n) is 30.0. The molecule has 0 fully saturated rings. The zero-order chi connectivity index (χ0) is 37.6. The molecule has 0 saturated heterocycles. The fourth-order valence-corrected chi connectivity index (χ4v) is 7.56. The van der Waals surface area contributed by atoms with Gasteiger partial charge in [-0.1, -0.05) is 205 Å². The molecule has 0 unspecified atom stereocenters. The van der Waals surface area contributed by atoms with Crippen LogP contribution >= 0.6 is 23.2 Å². The summed E-state index contributed by atoms with van der Waals surface area (Å²) in [5, 5.41) is 23.3. The molecule has 54 heavy (non-hydrogen) atoms. The molecule has 0 saturated carbocycles. The maximum atomic E-state index is 11.1. The van der Waals surface area contributed by atoms with Crippen molar-refractivity contribution in [2.45, 2.75) is 13.8 Å². The average Bonchev–Trinajstić information content (AvgIpc) is 3.24. The Kier molecular flexibility index (Phi) is 11.0. The first-order valence-electron chi connectivity index (χ1n) is 17.8. The van der Waals surface area contributed by atoms with Gasteiger partial charge < -0.3 is 10.2 Å². The van der Waals surface area contributed by atoms with E-state index in [1.807, 2.05) is 147 Å². The maximum absolute atomic E-state index is 11.1. The number of benzene rings is 8. The first-order valence-corrected chi connectivity index (χ1v) is 18.5. The summed E-state index contributed by atoms with van der Waals surface area (Å²) in [4.78, 5) is 0. The molecule has 0 bridgehead atoms. The van der Waals surface area contributed by atoms with Crippen molar-refractivity contribution in [2.24, 2.45) is 0 Å². The SMILES string of the molecule is Cc1c(O)c(-c2ccccc2)c(-c2ccccc2)c(-c2ccccc2)c1Cl.Cc1c(O)c(-c2ccccc2)c(-c2ccccc2)c(-c2ccccc2)c1Cl. The monoisotopic (exact) mass is 740 g/mol. The van der Waals surface area contributed by atoms with Crippen molar-refractivity contribution in [2.75, 3.05) is 0 Å². The smallest absolute Gasteiger partial charge is 0.128 e. The minimum absolute atomic E-state index is 0.227. The van der Waals surface area contributed by atoms with E-state index in [-0.39, 0.29) is 11.5 Å². The second kappa shape index (κ2) is 16.3. The molecular weight excluding hydrogens is 703 g/mol. The zero-order valence-corrected chi connectivity index (χ0v) is 31.5. The highest BCUT2D eigenvalue weighted by Crippen LogP contribution is 2.52. The van der Waals surface area contributed by atoms with Crippen LogP contribution in [0.5, 0.6) is 11.5 Å². The maximum Gasteiger partial charge on any atom is 0.128 e. The van der Waals surface area contributed by atoms with Crippen LogP contribution in [0.3, 0.4) is 0 Å². The molecule has 264 valence electrons. The van der Waals surface area contributed by atoms with E-state index in [4.69, 9.17) is 23.2 Å². The van der Waals surface area contributed by atoms with Gasteiger partial charge in [-0.15, -0.1) is 0 Å². The molecule has 0 radical (unpaired) electrons. The highest BCUT2D eigenvalue weighted by molar-refractivity contribution is 6.36. The fraction of sp³-hybridized carbons (Fsp3) is 0.0400. The summed E-state index contributed by atoms with van der Waals surface area (Å²) in [6.45, 7) is 3.73. The lowest BCUT2D eigenvalue weighted by atomic mass is 9.85. The minimum Gasteiger partial charge on any atom is -0.507 e. The van der Waals surface area contributed by atoms with E-state index < -0.39 is 0 Å². The third-order valence-electron chi connectivity index (χ3n) is 9.66. The number of rotatable bonds is 6. The van der Waals surface area contributed by atoms with Crippen molar-refractivity contribution in [3.8, 4) is 78.3 Å². The summed E-state index contributed by atoms with van der Waals surface area (Å²) in [6.07, 6.45) is 0. The summed E-state index contributed by atoms with van der Waals surface area (Å²) in [6, 6.07) is 60.4. The van der Waals surface area contributed by atoms with Gasteiger partial charge in [0, 0.05) is 44.5 Å². The molecule has 0 aliphatic heterocycles. The van der Waals surface area contributed by atoms with Gasteiger partial charge >= 0.3 is 0 Å². The minimum atomic E-state index is 0.227. The molecule has 2 N–H and O–H groups in total. The quantitative estimate of drug-likeness (QED) is 0.178. The Morgan fingerprint density at radius 3 is 0.685 bits per heavy atom. The topological polar surface area (TPSA) is 40.5 Å². The first kappa shape index (κ1) is 36.3. The molecule has 0 spiro atoms. The number of phenolic OH excluding ortho intramolecular Hbond substituents is 2. The van der Waals surface area contributed by atoms with Crippen LogP contribution in [-0.2, 0) is 0 Å². The summed E-state index contributed by atoms with van der Waals surface area (Å²) in [7, 11) is 0. The molecule has 0 aliphatic rings. The third-order valence-corrected chi connectivity index (χ3v) is 10.6. The summed E-state index contributed by atoms with van der Waals surface area (Å²) >= 11 is 13.6. The van der Waals surface area contributed by atoms with Crippen LogP contribution in [0.1, 0.15) is 11.1 Å². The van der Waals surface area contributed by atoms with Crippen LogP contribution in [0, 0.1) is 13.8 Å². The molecule has 2 nitrogen and oxygen atoms in total. The Hall–Kier alpha value is -6.06. The van der Waals surface area contributed by atoms with Crippen LogP contribution in [0.15, 0.2) is 182 Å². The second-order valence-electron chi connectivity index (χ2n) is 13.0. The van der Waals surface area contributed by atoms with Crippen molar-refractivity contribution in [1.82, 2.24) is 0 Å². The summed E-state index contributed by atoms with van der Waals surface area (Å²) in [5.74, 6) is 0.453. The van der Waals surface area contributed by atoms with Gasteiger partial charge in [0.25, 0.3) is 0 Å². The standard InChI is InChI=1S/2C25H19ClO/c2*1-17-24(26)22(19-13-7-3-8-14-19)21(18-11-5-2-6-12-18)23(25(17)27)20-15-9-4-10-16-20/h2*2-16,27H,1H3. The van der Waals surface area contributed by atoms with E-state index in [0.717, 1.165) is 66.8 Å². The van der Waals surface area contributed by atoms with E-state index in [9.17, 15) is 10.2 Å². The average molecular weight is 742 g/mol. The fourth-order valence-electron chi connectivity index (χ4n) is 6.97. The molecule has 4 heteroatoms. The van der Waals surface area contributed by atoms with Crippen molar-refractivity contribution >= 4 is 23.2 Å². The Balaban J connectivity index is 0.000000167. The van der Waals surface area contributed by atoms with Gasteiger partial charge in [0.2, 0.25) is 0 Å². The lowest BCUT2D eigenvalue weighted by molar-refractivity contribution is 0.473. The van der Waals surface area contributed by atoms with Gasteiger partial charge in [0.1, 0.15) is 11.5 Å². The normalized spacial score (nSPS) is 10.7. The number of hydrogen-bond acceptors (Lipinski definition) is 2. The van der Waals surface area contributed by atoms with Crippen molar-refractivity contribution in [3.05, 3.63) is 203 Å². The largest absolute Gasteiger partial charge is 0.507 e. The highest BCUT2D eigenvalue weighted by Gasteiger charge is 2.25. The van der Waals surface area contributed by atoms with E-state index in [1.54, 1.807) is 0 Å². The van der Waals surface area contributed by atoms with Crippen LogP contribution in [0.2, 0.25) is 10.0 Å². The Bertz CT molecular complexity index is 2190. The third kappa shape index (κ3) is 7.15. The molecule has 8 aromatic rings. The van der Waals surface area contributed by atoms with Crippen molar-refractivity contribution in [1.29, 1.82) is 0 Å².